The van der Waals surface area contributed by atoms with Crippen LogP contribution in [0.4, 0.5) is 5.95 Å². The summed E-state index contributed by atoms with van der Waals surface area (Å²) in [5.41, 5.74) is 5.73. The van der Waals surface area contributed by atoms with Gasteiger partial charge in [0.2, 0.25) is 5.95 Å². The Bertz CT molecular complexity index is 325. The molecular formula is C11H21N5. The number of anilines is 1. The minimum atomic E-state index is 0.127. The first-order chi connectivity index (χ1) is 7.65. The third-order valence-electron chi connectivity index (χ3n) is 3.10. The molecule has 1 saturated heterocycles. The fourth-order valence-electron chi connectivity index (χ4n) is 2.03. The number of hydrogen-bond acceptors (Lipinski definition) is 4. The molecule has 5 heteroatoms. The van der Waals surface area contributed by atoms with Gasteiger partial charge in [-0.25, -0.2) is 0 Å². The van der Waals surface area contributed by atoms with Crippen LogP contribution >= 0.6 is 0 Å². The van der Waals surface area contributed by atoms with Crippen molar-refractivity contribution in [2.45, 2.75) is 39.2 Å². The van der Waals surface area contributed by atoms with E-state index in [1.165, 1.54) is 12.8 Å². The number of nitrogens with one attached hydrogen (secondary N) is 1. The van der Waals surface area contributed by atoms with Crippen molar-refractivity contribution in [2.75, 3.05) is 18.0 Å². The van der Waals surface area contributed by atoms with Crippen LogP contribution in [0.25, 0.3) is 0 Å². The van der Waals surface area contributed by atoms with Crippen molar-refractivity contribution in [2.24, 2.45) is 11.7 Å². The molecule has 0 aromatic carbocycles. The molecule has 16 heavy (non-hydrogen) atoms. The van der Waals surface area contributed by atoms with Crippen LogP contribution in [-0.4, -0.2) is 34.3 Å². The molecule has 5 nitrogen and oxygen atoms in total. The van der Waals surface area contributed by atoms with E-state index in [0.29, 0.717) is 0 Å². The molecule has 2 rings (SSSR count). The van der Waals surface area contributed by atoms with E-state index in [1.54, 1.807) is 0 Å². The molecule has 2 heterocycles. The number of aromatic amines is 1. The van der Waals surface area contributed by atoms with E-state index in [9.17, 15) is 0 Å². The Morgan fingerprint density at radius 1 is 1.50 bits per heavy atom. The zero-order valence-electron chi connectivity index (χ0n) is 10.1. The molecule has 0 radical (unpaired) electrons. The Morgan fingerprint density at radius 3 is 2.81 bits per heavy atom. The molecule has 90 valence electrons. The second-order valence-corrected chi connectivity index (χ2v) is 4.93. The van der Waals surface area contributed by atoms with E-state index in [4.69, 9.17) is 5.73 Å². The van der Waals surface area contributed by atoms with Gasteiger partial charge in [-0.2, -0.15) is 4.98 Å². The van der Waals surface area contributed by atoms with E-state index in [2.05, 4.69) is 27.0 Å². The Kier molecular flexibility index (Phi) is 3.43. The van der Waals surface area contributed by atoms with Gasteiger partial charge in [0.05, 0.1) is 0 Å². The summed E-state index contributed by atoms with van der Waals surface area (Å²) in [6.45, 7) is 6.41. The van der Waals surface area contributed by atoms with Crippen molar-refractivity contribution in [3.63, 3.8) is 0 Å². The largest absolute Gasteiger partial charge is 0.340 e. The SMILES string of the molecule is CC(N)Cc1nc(N2CCC(C)CC2)n[nH]1. The predicted molar refractivity (Wildman–Crippen MR) is 64.3 cm³/mol. The fraction of sp³-hybridized carbons (Fsp3) is 0.818. The monoisotopic (exact) mass is 223 g/mol. The first-order valence-electron chi connectivity index (χ1n) is 6.07. The molecule has 1 atom stereocenters. The molecule has 1 fully saturated rings. The van der Waals surface area contributed by atoms with Gasteiger partial charge in [0, 0.05) is 25.6 Å². The molecule has 1 aromatic heterocycles. The van der Waals surface area contributed by atoms with Crippen LogP contribution in [0.3, 0.4) is 0 Å². The smallest absolute Gasteiger partial charge is 0.244 e. The molecule has 0 spiro atoms. The summed E-state index contributed by atoms with van der Waals surface area (Å²) in [4.78, 5) is 6.73. The van der Waals surface area contributed by atoms with Crippen molar-refractivity contribution in [3.8, 4) is 0 Å². The summed E-state index contributed by atoms with van der Waals surface area (Å²) >= 11 is 0. The number of piperidine rings is 1. The topological polar surface area (TPSA) is 70.8 Å². The molecule has 0 aliphatic carbocycles. The Hall–Kier alpha value is -1.10. The number of aromatic nitrogens is 3. The van der Waals surface area contributed by atoms with Crippen LogP contribution in [0.2, 0.25) is 0 Å². The highest BCUT2D eigenvalue weighted by atomic mass is 15.4. The quantitative estimate of drug-likeness (QED) is 0.799. The van der Waals surface area contributed by atoms with Gasteiger partial charge in [-0.15, -0.1) is 5.10 Å². The standard InChI is InChI=1S/C11H21N5/c1-8-3-5-16(6-4-8)11-13-10(14-15-11)7-9(2)12/h8-9H,3-7,12H2,1-2H3,(H,13,14,15). The molecule has 0 amide bonds. The van der Waals surface area contributed by atoms with Gasteiger partial charge in [-0.1, -0.05) is 6.92 Å². The summed E-state index contributed by atoms with van der Waals surface area (Å²) in [6.07, 6.45) is 3.23. The van der Waals surface area contributed by atoms with Crippen molar-refractivity contribution in [1.82, 2.24) is 15.2 Å². The van der Waals surface area contributed by atoms with Crippen molar-refractivity contribution in [3.05, 3.63) is 5.82 Å². The summed E-state index contributed by atoms with van der Waals surface area (Å²) in [7, 11) is 0. The number of rotatable bonds is 3. The highest BCUT2D eigenvalue weighted by Gasteiger charge is 2.19. The second kappa shape index (κ2) is 4.82. The summed E-state index contributed by atoms with van der Waals surface area (Å²) in [6, 6.07) is 0.127. The van der Waals surface area contributed by atoms with Crippen LogP contribution in [-0.2, 0) is 6.42 Å². The normalized spacial score (nSPS) is 20.1. The number of H-pyrrole nitrogens is 1. The van der Waals surface area contributed by atoms with E-state index < -0.39 is 0 Å². The van der Waals surface area contributed by atoms with Crippen molar-refractivity contribution >= 4 is 5.95 Å². The number of hydrogen-bond donors (Lipinski definition) is 2. The Balaban J connectivity index is 1.96. The lowest BCUT2D eigenvalue weighted by Crippen LogP contribution is -2.33. The van der Waals surface area contributed by atoms with Gasteiger partial charge in [0.25, 0.3) is 0 Å². The van der Waals surface area contributed by atoms with E-state index >= 15 is 0 Å². The van der Waals surface area contributed by atoms with Gasteiger partial charge in [0.15, 0.2) is 0 Å². The summed E-state index contributed by atoms with van der Waals surface area (Å²) in [5, 5.41) is 7.22. The lowest BCUT2D eigenvalue weighted by molar-refractivity contribution is 0.434. The molecular weight excluding hydrogens is 202 g/mol. The van der Waals surface area contributed by atoms with Gasteiger partial charge in [-0.05, 0) is 25.7 Å². The van der Waals surface area contributed by atoms with Crippen LogP contribution < -0.4 is 10.6 Å². The second-order valence-electron chi connectivity index (χ2n) is 4.93. The maximum Gasteiger partial charge on any atom is 0.244 e. The Labute approximate surface area is 96.4 Å². The van der Waals surface area contributed by atoms with E-state index in [1.807, 2.05) is 6.92 Å². The van der Waals surface area contributed by atoms with Crippen LogP contribution in [0, 0.1) is 5.92 Å². The minimum absolute atomic E-state index is 0.127. The van der Waals surface area contributed by atoms with Crippen LogP contribution in [0.1, 0.15) is 32.5 Å². The first-order valence-corrected chi connectivity index (χ1v) is 6.07. The summed E-state index contributed by atoms with van der Waals surface area (Å²) in [5.74, 6) is 2.56. The van der Waals surface area contributed by atoms with E-state index in [0.717, 1.165) is 37.2 Å². The predicted octanol–water partition coefficient (Wildman–Crippen LogP) is 0.931. The average molecular weight is 223 g/mol. The maximum absolute atomic E-state index is 5.73. The highest BCUT2D eigenvalue weighted by Crippen LogP contribution is 2.19. The van der Waals surface area contributed by atoms with Crippen LogP contribution in [0.5, 0.6) is 0 Å². The van der Waals surface area contributed by atoms with Gasteiger partial charge >= 0.3 is 0 Å². The lowest BCUT2D eigenvalue weighted by atomic mass is 10.00. The molecule has 3 N–H and O–H groups in total. The molecule has 1 aliphatic heterocycles. The first kappa shape index (κ1) is 11.4. The zero-order chi connectivity index (χ0) is 11.5. The number of nitrogens with zero attached hydrogens (tertiary/aromatic N) is 3. The van der Waals surface area contributed by atoms with Crippen molar-refractivity contribution in [1.29, 1.82) is 0 Å². The molecule has 1 unspecified atom stereocenters. The Morgan fingerprint density at radius 2 is 2.19 bits per heavy atom. The van der Waals surface area contributed by atoms with Crippen molar-refractivity contribution < 1.29 is 0 Å². The van der Waals surface area contributed by atoms with Gasteiger partial charge in [0.1, 0.15) is 5.82 Å². The molecule has 0 saturated carbocycles. The average Bonchev–Trinajstić information content (AvgIpc) is 2.66. The van der Waals surface area contributed by atoms with Gasteiger partial charge < -0.3 is 10.6 Å². The molecule has 1 aliphatic rings. The van der Waals surface area contributed by atoms with E-state index in [-0.39, 0.29) is 6.04 Å². The van der Waals surface area contributed by atoms with Crippen LogP contribution in [0.15, 0.2) is 0 Å². The molecule has 0 bridgehead atoms. The highest BCUT2D eigenvalue weighted by molar-refractivity contribution is 5.29. The van der Waals surface area contributed by atoms with Gasteiger partial charge in [-0.3, -0.25) is 5.10 Å². The zero-order valence-corrected chi connectivity index (χ0v) is 10.1. The molecule has 1 aromatic rings. The minimum Gasteiger partial charge on any atom is -0.340 e. The maximum atomic E-state index is 5.73. The summed E-state index contributed by atoms with van der Waals surface area (Å²) < 4.78 is 0. The lowest BCUT2D eigenvalue weighted by Gasteiger charge is -2.29. The fourth-order valence-corrected chi connectivity index (χ4v) is 2.03. The third kappa shape index (κ3) is 2.72. The number of nitrogens with two attached hydrogens (primary N) is 1. The third-order valence-corrected chi connectivity index (χ3v) is 3.10.